The number of nitrogens with zero attached hydrogens (tertiary/aromatic N) is 6. The molecule has 0 aliphatic carbocycles. The molecule has 6 nitrogen and oxygen atoms in total. The number of pyridine rings is 2. The van der Waals surface area contributed by atoms with Crippen molar-refractivity contribution in [2.24, 2.45) is 0 Å². The average molecular weight is 700 g/mol. The van der Waals surface area contributed by atoms with Crippen molar-refractivity contribution >= 4 is 21.8 Å². The van der Waals surface area contributed by atoms with Gasteiger partial charge in [0.2, 0.25) is 0 Å². The Bertz CT molecular complexity index is 1530. The summed E-state index contributed by atoms with van der Waals surface area (Å²) in [7, 11) is 0. The Morgan fingerprint density at radius 2 is 1.55 bits per heavy atom. The summed E-state index contributed by atoms with van der Waals surface area (Å²) < 4.78 is 38.4. The van der Waals surface area contributed by atoms with Gasteiger partial charge in [-0.25, -0.2) is 0 Å². The number of alkyl halides is 3. The van der Waals surface area contributed by atoms with Crippen LogP contribution in [-0.2, 0) is 38.1 Å². The molecule has 5 aromatic rings. The molecule has 38 heavy (non-hydrogen) atoms. The summed E-state index contributed by atoms with van der Waals surface area (Å²) in [4.78, 5) is 15.5. The van der Waals surface area contributed by atoms with Gasteiger partial charge >= 0.3 is 27.2 Å². The summed E-state index contributed by atoms with van der Waals surface area (Å²) in [5.74, 6) is -1.19. The number of benzene rings is 1. The van der Waals surface area contributed by atoms with Gasteiger partial charge in [0.25, 0.3) is 0 Å². The fourth-order valence-corrected chi connectivity index (χ4v) is 3.72. The van der Waals surface area contributed by atoms with Crippen molar-refractivity contribution in [3.8, 4) is 11.4 Å². The molecule has 0 aliphatic heterocycles. The fraction of sp³-hybridized carbons (Fsp3) is 0.321. The first kappa shape index (κ1) is 29.4. The minimum atomic E-state index is -4.59. The Balaban J connectivity index is 0.000000220. The number of hydrogen-bond acceptors (Lipinski definition) is 5. The SMILES string of the molecule is CC(C)(C)c1cc(-c2ccccn2)[n-]n1.CC(C)(C)c1cc2nc(C(F)(F)F)n[c-]c2c2ncccc12.[Pt+2]. The zero-order valence-corrected chi connectivity index (χ0v) is 24.1. The van der Waals surface area contributed by atoms with Crippen molar-refractivity contribution in [3.05, 3.63) is 78.1 Å². The summed E-state index contributed by atoms with van der Waals surface area (Å²) in [5, 5.41) is 9.59. The third kappa shape index (κ3) is 6.44. The van der Waals surface area contributed by atoms with Crippen LogP contribution in [-0.4, -0.2) is 25.0 Å². The number of fused-ring (bicyclic) bond motifs is 3. The molecule has 0 unspecified atom stereocenters. The molecule has 0 amide bonds. The van der Waals surface area contributed by atoms with Gasteiger partial charge in [-0.1, -0.05) is 76.9 Å². The maximum Gasteiger partial charge on any atom is 2.00 e. The molecule has 0 aliphatic rings. The molecule has 4 aromatic heterocycles. The second-order valence-corrected chi connectivity index (χ2v) is 10.7. The van der Waals surface area contributed by atoms with Crippen LogP contribution in [0.5, 0.6) is 0 Å². The fourth-order valence-electron chi connectivity index (χ4n) is 3.72. The molecule has 0 saturated heterocycles. The maximum atomic E-state index is 12.8. The second kappa shape index (κ2) is 10.9. The quantitative estimate of drug-likeness (QED) is 0.143. The third-order valence-corrected chi connectivity index (χ3v) is 5.67. The zero-order chi connectivity index (χ0) is 27.0. The van der Waals surface area contributed by atoms with E-state index in [1.165, 1.54) is 0 Å². The average Bonchev–Trinajstić information content (AvgIpc) is 3.34. The van der Waals surface area contributed by atoms with Crippen molar-refractivity contribution in [2.75, 3.05) is 0 Å². The van der Waals surface area contributed by atoms with Crippen molar-refractivity contribution in [1.29, 1.82) is 0 Å². The van der Waals surface area contributed by atoms with Crippen LogP contribution in [0.3, 0.4) is 0 Å². The van der Waals surface area contributed by atoms with Gasteiger partial charge in [-0.15, -0.1) is 0 Å². The van der Waals surface area contributed by atoms with E-state index in [-0.39, 0.29) is 37.4 Å². The molecule has 0 saturated carbocycles. The number of halogens is 3. The molecule has 4 heterocycles. The second-order valence-electron chi connectivity index (χ2n) is 10.7. The first-order valence-corrected chi connectivity index (χ1v) is 11.7. The van der Waals surface area contributed by atoms with Gasteiger partial charge in [0.1, 0.15) is 5.82 Å². The topological polar surface area (TPSA) is 78.5 Å². The largest absolute Gasteiger partial charge is 2.00 e. The Labute approximate surface area is 233 Å². The van der Waals surface area contributed by atoms with Crippen molar-refractivity contribution < 1.29 is 34.2 Å². The van der Waals surface area contributed by atoms with Crippen LogP contribution in [0, 0.1) is 6.20 Å². The predicted molar refractivity (Wildman–Crippen MR) is 137 cm³/mol. The number of hydrogen-bond donors (Lipinski definition) is 0. The summed E-state index contributed by atoms with van der Waals surface area (Å²) in [6, 6.07) is 13.2. The zero-order valence-electron chi connectivity index (χ0n) is 21.8. The van der Waals surface area contributed by atoms with E-state index in [4.69, 9.17) is 0 Å². The van der Waals surface area contributed by atoms with Crippen LogP contribution in [0.4, 0.5) is 13.2 Å². The minimum absolute atomic E-state index is 0. The van der Waals surface area contributed by atoms with Crippen LogP contribution in [0.25, 0.3) is 33.2 Å². The Kier molecular flexibility index (Phi) is 8.42. The van der Waals surface area contributed by atoms with Crippen LogP contribution in [0.15, 0.2) is 54.9 Å². The molecule has 0 N–H and O–H groups in total. The van der Waals surface area contributed by atoms with E-state index in [1.54, 1.807) is 24.5 Å². The van der Waals surface area contributed by atoms with Crippen LogP contribution in [0.1, 0.15) is 58.6 Å². The smallest absolute Gasteiger partial charge is 0.573 e. The van der Waals surface area contributed by atoms with E-state index in [0.29, 0.717) is 10.9 Å². The molecule has 0 fully saturated rings. The van der Waals surface area contributed by atoms with Gasteiger partial charge in [-0.05, 0) is 51.8 Å². The molecule has 0 atom stereocenters. The summed E-state index contributed by atoms with van der Waals surface area (Å²) >= 11 is 0. The van der Waals surface area contributed by atoms with E-state index in [1.807, 2.05) is 51.1 Å². The minimum Gasteiger partial charge on any atom is -0.573 e. The standard InChI is InChI=1S/C16H13F3N3.C12H14N3.Pt/c1-15(2,3)11-7-12-10(13-9(11)5-4-6-20-13)8-21-14(22-12)16(17,18)19;1-12(2,3)11-8-10(14-15-11)9-6-4-5-7-13-9;/h4-7H,1-3H3;4-8H,1-3H3;/q2*-1;+2. The van der Waals surface area contributed by atoms with E-state index in [0.717, 1.165) is 28.0 Å². The molecular weight excluding hydrogens is 672 g/mol. The van der Waals surface area contributed by atoms with Gasteiger partial charge < -0.3 is 25.1 Å². The number of aromatic nitrogens is 6. The van der Waals surface area contributed by atoms with Gasteiger partial charge in [0, 0.05) is 29.2 Å². The maximum absolute atomic E-state index is 12.8. The molecule has 10 heteroatoms. The molecule has 5 rings (SSSR count). The Morgan fingerprint density at radius 1 is 0.842 bits per heavy atom. The normalized spacial score (nSPS) is 12.1. The van der Waals surface area contributed by atoms with Gasteiger partial charge in [-0.2, -0.15) is 13.2 Å². The third-order valence-electron chi connectivity index (χ3n) is 5.67. The van der Waals surface area contributed by atoms with Crippen molar-refractivity contribution in [1.82, 2.24) is 30.1 Å². The number of rotatable bonds is 1. The van der Waals surface area contributed by atoms with E-state index in [9.17, 15) is 13.2 Å². The van der Waals surface area contributed by atoms with Gasteiger partial charge in [0.05, 0.1) is 0 Å². The predicted octanol–water partition coefficient (Wildman–Crippen LogP) is 6.69. The van der Waals surface area contributed by atoms with Crippen LogP contribution >= 0.6 is 0 Å². The molecule has 0 bridgehead atoms. The molecule has 0 radical (unpaired) electrons. The van der Waals surface area contributed by atoms with Gasteiger partial charge in [-0.3, -0.25) is 4.98 Å². The van der Waals surface area contributed by atoms with E-state index in [2.05, 4.69) is 57.1 Å². The Morgan fingerprint density at radius 3 is 2.13 bits per heavy atom. The summed E-state index contributed by atoms with van der Waals surface area (Å²) in [6.07, 6.45) is 1.22. The van der Waals surface area contributed by atoms with E-state index >= 15 is 0 Å². The Hall–Kier alpha value is -3.19. The summed E-state index contributed by atoms with van der Waals surface area (Å²) in [5.41, 5.74) is 4.18. The van der Waals surface area contributed by atoms with E-state index < -0.39 is 12.0 Å². The summed E-state index contributed by atoms with van der Waals surface area (Å²) in [6.45, 7) is 12.4. The van der Waals surface area contributed by atoms with Gasteiger partial charge in [0.15, 0.2) is 0 Å². The molecule has 1 aromatic carbocycles. The monoisotopic (exact) mass is 699 g/mol. The van der Waals surface area contributed by atoms with Crippen LogP contribution < -0.4 is 5.10 Å². The van der Waals surface area contributed by atoms with Crippen molar-refractivity contribution in [2.45, 2.75) is 58.5 Å². The first-order chi connectivity index (χ1) is 17.2. The van der Waals surface area contributed by atoms with Crippen molar-refractivity contribution in [3.63, 3.8) is 0 Å². The molecule has 0 spiro atoms. The molecular formula is C28H27F3N6Pt. The molecule has 200 valence electrons. The first-order valence-electron chi connectivity index (χ1n) is 11.7. The van der Waals surface area contributed by atoms with Crippen LogP contribution in [0.2, 0.25) is 0 Å².